The van der Waals surface area contributed by atoms with Gasteiger partial charge in [-0.1, -0.05) is 0 Å². The fourth-order valence-corrected chi connectivity index (χ4v) is 1.50. The van der Waals surface area contributed by atoms with Gasteiger partial charge in [-0.25, -0.2) is 0 Å². The molecule has 0 unspecified atom stereocenters. The van der Waals surface area contributed by atoms with Crippen molar-refractivity contribution in [2.75, 3.05) is 19.6 Å². The van der Waals surface area contributed by atoms with Crippen LogP contribution in [0.25, 0.3) is 0 Å². The highest BCUT2D eigenvalue weighted by Gasteiger charge is 2.12. The van der Waals surface area contributed by atoms with Gasteiger partial charge in [-0.15, -0.1) is 0 Å². The van der Waals surface area contributed by atoms with Crippen molar-refractivity contribution in [1.82, 2.24) is 4.90 Å². The van der Waals surface area contributed by atoms with E-state index in [1.165, 1.54) is 25.9 Å². The Hall–Kier alpha value is -0.0551. The van der Waals surface area contributed by atoms with Crippen LogP contribution in [0.1, 0.15) is 19.3 Å². The summed E-state index contributed by atoms with van der Waals surface area (Å²) in [6, 6.07) is 0. The van der Waals surface area contributed by atoms with Crippen LogP contribution in [0, 0.1) is 0 Å². The minimum Gasteiger partial charge on any atom is -0.427 e. The molecule has 0 aromatic heterocycles. The normalized spacial score (nSPS) is 19.1. The first-order valence-electron chi connectivity index (χ1n) is 4.37. The van der Waals surface area contributed by atoms with Crippen LogP contribution in [0.4, 0.5) is 0 Å². The molecule has 1 aliphatic rings. The number of hydrogen-bond donors (Lipinski definition) is 2. The van der Waals surface area contributed by atoms with Gasteiger partial charge in [-0.3, -0.25) is 0 Å². The van der Waals surface area contributed by atoms with Gasteiger partial charge in [-0.2, -0.15) is 0 Å². The van der Waals surface area contributed by atoms with Crippen molar-refractivity contribution in [3.63, 3.8) is 0 Å². The first kappa shape index (κ1) is 9.04. The third-order valence-corrected chi connectivity index (χ3v) is 2.14. The number of nitrogens with zero attached hydrogens (tertiary/aromatic N) is 1. The summed E-state index contributed by atoms with van der Waals surface area (Å²) < 4.78 is 0. The molecule has 1 saturated heterocycles. The average Bonchev–Trinajstić information content (AvgIpc) is 2.39. The van der Waals surface area contributed by atoms with Crippen LogP contribution < -0.4 is 0 Å². The SMILES string of the molecule is OB(O)CCCN1CCCC1. The largest absolute Gasteiger partial charge is 0.451 e. The van der Waals surface area contributed by atoms with E-state index in [0.29, 0.717) is 6.32 Å². The quantitative estimate of drug-likeness (QED) is 0.562. The smallest absolute Gasteiger partial charge is 0.427 e. The average molecular weight is 157 g/mol. The molecular formula is C7H16BNO2. The van der Waals surface area contributed by atoms with E-state index in [1.54, 1.807) is 0 Å². The zero-order chi connectivity index (χ0) is 8.10. The lowest BCUT2D eigenvalue weighted by Gasteiger charge is -2.13. The first-order valence-corrected chi connectivity index (χ1v) is 4.37. The maximum atomic E-state index is 8.56. The van der Waals surface area contributed by atoms with Crippen LogP contribution in [0.5, 0.6) is 0 Å². The zero-order valence-electron chi connectivity index (χ0n) is 6.87. The summed E-state index contributed by atoms with van der Waals surface area (Å²) in [7, 11) is -1.11. The van der Waals surface area contributed by atoms with E-state index in [9.17, 15) is 0 Å². The molecule has 0 amide bonds. The summed E-state index contributed by atoms with van der Waals surface area (Å²) in [5.41, 5.74) is 0. The predicted molar refractivity (Wildman–Crippen MR) is 45.3 cm³/mol. The van der Waals surface area contributed by atoms with Crippen LogP contribution in [-0.2, 0) is 0 Å². The first-order chi connectivity index (χ1) is 5.29. The summed E-state index contributed by atoms with van der Waals surface area (Å²) >= 11 is 0. The molecule has 0 aromatic rings. The maximum Gasteiger partial charge on any atom is 0.451 e. The van der Waals surface area contributed by atoms with E-state index in [1.807, 2.05) is 0 Å². The Balaban J connectivity index is 1.94. The van der Waals surface area contributed by atoms with Gasteiger partial charge in [0.2, 0.25) is 0 Å². The maximum absolute atomic E-state index is 8.56. The summed E-state index contributed by atoms with van der Waals surface area (Å²) in [6.07, 6.45) is 4.03. The molecule has 2 N–H and O–H groups in total. The minimum atomic E-state index is -1.11. The van der Waals surface area contributed by atoms with Crippen molar-refractivity contribution >= 4 is 7.12 Å². The molecule has 0 radical (unpaired) electrons. The van der Waals surface area contributed by atoms with Crippen LogP contribution in [0.15, 0.2) is 0 Å². The molecule has 1 fully saturated rings. The van der Waals surface area contributed by atoms with Gasteiger partial charge >= 0.3 is 7.12 Å². The topological polar surface area (TPSA) is 43.7 Å². The van der Waals surface area contributed by atoms with Crippen molar-refractivity contribution in [2.45, 2.75) is 25.6 Å². The number of rotatable bonds is 4. The Bertz CT molecular complexity index is 105. The molecular weight excluding hydrogens is 141 g/mol. The van der Waals surface area contributed by atoms with Crippen molar-refractivity contribution < 1.29 is 10.0 Å². The lowest BCUT2D eigenvalue weighted by molar-refractivity contribution is 0.331. The van der Waals surface area contributed by atoms with Crippen molar-refractivity contribution in [3.05, 3.63) is 0 Å². The van der Waals surface area contributed by atoms with Gasteiger partial charge in [-0.05, 0) is 45.2 Å². The highest BCUT2D eigenvalue weighted by Crippen LogP contribution is 2.08. The second-order valence-electron chi connectivity index (χ2n) is 3.17. The molecule has 0 aliphatic carbocycles. The highest BCUT2D eigenvalue weighted by atomic mass is 16.4. The number of likely N-dealkylation sites (tertiary alicyclic amines) is 1. The molecule has 0 spiro atoms. The lowest BCUT2D eigenvalue weighted by Crippen LogP contribution is -2.22. The van der Waals surface area contributed by atoms with E-state index < -0.39 is 7.12 Å². The van der Waals surface area contributed by atoms with Crippen LogP contribution in [-0.4, -0.2) is 41.7 Å². The second-order valence-corrected chi connectivity index (χ2v) is 3.17. The minimum absolute atomic E-state index is 0.510. The van der Waals surface area contributed by atoms with Crippen molar-refractivity contribution in [3.8, 4) is 0 Å². The Kier molecular flexibility index (Phi) is 3.90. The summed E-state index contributed by atoms with van der Waals surface area (Å²) in [5.74, 6) is 0. The van der Waals surface area contributed by atoms with E-state index in [0.717, 1.165) is 13.0 Å². The fourth-order valence-electron chi connectivity index (χ4n) is 1.50. The summed E-state index contributed by atoms with van der Waals surface area (Å²) in [5, 5.41) is 17.1. The molecule has 0 aromatic carbocycles. The molecule has 11 heavy (non-hydrogen) atoms. The lowest BCUT2D eigenvalue weighted by atomic mass is 9.84. The van der Waals surface area contributed by atoms with E-state index in [2.05, 4.69) is 4.90 Å². The monoisotopic (exact) mass is 157 g/mol. The van der Waals surface area contributed by atoms with Gasteiger partial charge in [0.05, 0.1) is 0 Å². The molecule has 64 valence electrons. The molecule has 3 nitrogen and oxygen atoms in total. The summed E-state index contributed by atoms with van der Waals surface area (Å²) in [6.45, 7) is 3.42. The van der Waals surface area contributed by atoms with Crippen LogP contribution in [0.3, 0.4) is 0 Å². The zero-order valence-corrected chi connectivity index (χ0v) is 6.87. The molecule has 0 bridgehead atoms. The molecule has 1 heterocycles. The fraction of sp³-hybridized carbons (Fsp3) is 1.00. The van der Waals surface area contributed by atoms with Gasteiger partial charge in [0.1, 0.15) is 0 Å². The van der Waals surface area contributed by atoms with Gasteiger partial charge in [0.25, 0.3) is 0 Å². The van der Waals surface area contributed by atoms with Gasteiger partial charge in [0.15, 0.2) is 0 Å². The van der Waals surface area contributed by atoms with Gasteiger partial charge in [0, 0.05) is 0 Å². The standard InChI is InChI=1S/C7H16BNO2/c10-8(11)4-3-7-9-5-1-2-6-9/h10-11H,1-7H2. The molecule has 0 atom stereocenters. The Morgan fingerprint density at radius 1 is 1.18 bits per heavy atom. The second kappa shape index (κ2) is 4.75. The predicted octanol–water partition coefficient (Wildman–Crippen LogP) is -0.0549. The molecule has 1 rings (SSSR count). The van der Waals surface area contributed by atoms with Crippen molar-refractivity contribution in [1.29, 1.82) is 0 Å². The van der Waals surface area contributed by atoms with Crippen LogP contribution >= 0.6 is 0 Å². The van der Waals surface area contributed by atoms with E-state index >= 15 is 0 Å². The van der Waals surface area contributed by atoms with Gasteiger partial charge < -0.3 is 14.9 Å². The molecule has 1 aliphatic heterocycles. The van der Waals surface area contributed by atoms with E-state index in [4.69, 9.17) is 10.0 Å². The Morgan fingerprint density at radius 3 is 2.36 bits per heavy atom. The Morgan fingerprint density at radius 2 is 1.82 bits per heavy atom. The van der Waals surface area contributed by atoms with E-state index in [-0.39, 0.29) is 0 Å². The molecule has 4 heteroatoms. The Labute approximate surface area is 68.2 Å². The molecule has 0 saturated carbocycles. The highest BCUT2D eigenvalue weighted by molar-refractivity contribution is 6.40. The number of hydrogen-bond acceptors (Lipinski definition) is 3. The van der Waals surface area contributed by atoms with Crippen molar-refractivity contribution in [2.24, 2.45) is 0 Å². The summed E-state index contributed by atoms with van der Waals surface area (Å²) in [4.78, 5) is 2.38. The third kappa shape index (κ3) is 3.75. The third-order valence-electron chi connectivity index (χ3n) is 2.14. The van der Waals surface area contributed by atoms with Crippen LogP contribution in [0.2, 0.25) is 6.32 Å².